The third-order valence-electron chi connectivity index (χ3n) is 4.11. The second-order valence-electron chi connectivity index (χ2n) is 5.80. The van der Waals surface area contributed by atoms with Crippen LogP contribution in [0.25, 0.3) is 0 Å². The van der Waals surface area contributed by atoms with Crippen LogP contribution in [0, 0.1) is 0 Å². The molecule has 126 valence electrons. The van der Waals surface area contributed by atoms with Crippen molar-refractivity contribution in [2.45, 2.75) is 6.54 Å². The highest BCUT2D eigenvalue weighted by molar-refractivity contribution is 6.32. The summed E-state index contributed by atoms with van der Waals surface area (Å²) >= 11 is 5.97. The third kappa shape index (κ3) is 3.83. The zero-order valence-electron chi connectivity index (χ0n) is 13.6. The molecule has 1 amide bonds. The van der Waals surface area contributed by atoms with Gasteiger partial charge in [-0.2, -0.15) is 0 Å². The summed E-state index contributed by atoms with van der Waals surface area (Å²) in [6, 6.07) is 7.24. The van der Waals surface area contributed by atoms with Crippen LogP contribution in [0.15, 0.2) is 36.7 Å². The molecule has 24 heavy (non-hydrogen) atoms. The molecule has 0 saturated carbocycles. The van der Waals surface area contributed by atoms with Gasteiger partial charge in [-0.15, -0.1) is 0 Å². The van der Waals surface area contributed by atoms with Crippen molar-refractivity contribution in [1.82, 2.24) is 20.2 Å². The second-order valence-corrected chi connectivity index (χ2v) is 6.16. The van der Waals surface area contributed by atoms with E-state index in [9.17, 15) is 4.79 Å². The lowest BCUT2D eigenvalue weighted by molar-refractivity contribution is 0.0950. The van der Waals surface area contributed by atoms with Gasteiger partial charge in [0.05, 0.1) is 5.56 Å². The first-order valence-corrected chi connectivity index (χ1v) is 8.29. The summed E-state index contributed by atoms with van der Waals surface area (Å²) in [4.78, 5) is 25.3. The molecule has 0 aliphatic carbocycles. The standard InChI is InChI=1S/C17H20ClN5O/c1-22-8-10-23(11-9-22)16-13(4-2-7-20-16)12-21-17(24)14-5-3-6-19-15(14)18/h2-7H,8-12H2,1H3,(H,21,24). The minimum absolute atomic E-state index is 0.209. The molecule has 1 N–H and O–H groups in total. The molecule has 0 unspecified atom stereocenters. The lowest BCUT2D eigenvalue weighted by atomic mass is 10.2. The average molecular weight is 346 g/mol. The van der Waals surface area contributed by atoms with Gasteiger partial charge >= 0.3 is 0 Å². The van der Waals surface area contributed by atoms with E-state index in [0.717, 1.165) is 37.6 Å². The fourth-order valence-corrected chi connectivity index (χ4v) is 2.90. The fourth-order valence-electron chi connectivity index (χ4n) is 2.70. The number of aromatic nitrogens is 2. The maximum Gasteiger partial charge on any atom is 0.254 e. The highest BCUT2D eigenvalue weighted by Crippen LogP contribution is 2.19. The normalized spacial score (nSPS) is 15.3. The number of nitrogens with one attached hydrogen (secondary N) is 1. The first-order valence-electron chi connectivity index (χ1n) is 7.91. The molecule has 0 radical (unpaired) electrons. The van der Waals surface area contributed by atoms with E-state index in [1.807, 2.05) is 12.1 Å². The molecule has 0 aromatic carbocycles. The molecule has 2 aromatic heterocycles. The van der Waals surface area contributed by atoms with Crippen LogP contribution in [-0.2, 0) is 6.54 Å². The van der Waals surface area contributed by atoms with Gasteiger partial charge in [0, 0.05) is 50.7 Å². The summed E-state index contributed by atoms with van der Waals surface area (Å²) in [7, 11) is 2.12. The number of carbonyl (C=O) groups is 1. The minimum atomic E-state index is -0.235. The van der Waals surface area contributed by atoms with E-state index in [1.165, 1.54) is 0 Å². The van der Waals surface area contributed by atoms with Crippen LogP contribution in [0.4, 0.5) is 5.82 Å². The number of piperazine rings is 1. The number of nitrogens with zero attached hydrogens (tertiary/aromatic N) is 4. The van der Waals surface area contributed by atoms with Crippen LogP contribution in [-0.4, -0.2) is 54.0 Å². The third-order valence-corrected chi connectivity index (χ3v) is 4.41. The SMILES string of the molecule is CN1CCN(c2ncccc2CNC(=O)c2cccnc2Cl)CC1. The van der Waals surface area contributed by atoms with Gasteiger partial charge in [-0.05, 0) is 25.2 Å². The highest BCUT2D eigenvalue weighted by Gasteiger charge is 2.18. The van der Waals surface area contributed by atoms with Gasteiger partial charge in [0.25, 0.3) is 5.91 Å². The van der Waals surface area contributed by atoms with Gasteiger partial charge in [0.15, 0.2) is 0 Å². The number of likely N-dealkylation sites (N-methyl/N-ethyl adjacent to an activating group) is 1. The predicted molar refractivity (Wildman–Crippen MR) is 94.4 cm³/mol. The van der Waals surface area contributed by atoms with Gasteiger partial charge in [-0.1, -0.05) is 17.7 Å². The predicted octanol–water partition coefficient (Wildman–Crippen LogP) is 1.81. The van der Waals surface area contributed by atoms with E-state index in [-0.39, 0.29) is 11.1 Å². The Kier molecular flexibility index (Phi) is 5.27. The Labute approximate surface area is 146 Å². The summed E-state index contributed by atoms with van der Waals surface area (Å²) in [6.45, 7) is 4.28. The number of hydrogen-bond acceptors (Lipinski definition) is 5. The van der Waals surface area contributed by atoms with Gasteiger partial charge in [0.1, 0.15) is 11.0 Å². The Morgan fingerprint density at radius 2 is 1.88 bits per heavy atom. The molecule has 0 bridgehead atoms. The van der Waals surface area contributed by atoms with Crippen molar-refractivity contribution < 1.29 is 4.79 Å². The largest absolute Gasteiger partial charge is 0.354 e. The number of hydrogen-bond donors (Lipinski definition) is 1. The number of pyridine rings is 2. The second kappa shape index (κ2) is 7.59. The lowest BCUT2D eigenvalue weighted by Crippen LogP contribution is -2.45. The quantitative estimate of drug-likeness (QED) is 0.856. The van der Waals surface area contributed by atoms with E-state index in [1.54, 1.807) is 24.5 Å². The van der Waals surface area contributed by atoms with Crippen LogP contribution in [0.1, 0.15) is 15.9 Å². The summed E-state index contributed by atoms with van der Waals surface area (Å²) in [5.74, 6) is 0.699. The molecule has 3 heterocycles. The van der Waals surface area contributed by atoms with E-state index in [0.29, 0.717) is 12.1 Å². The van der Waals surface area contributed by atoms with Crippen molar-refractivity contribution >= 4 is 23.3 Å². The Morgan fingerprint density at radius 1 is 1.17 bits per heavy atom. The molecular weight excluding hydrogens is 326 g/mol. The zero-order valence-corrected chi connectivity index (χ0v) is 14.3. The molecule has 1 fully saturated rings. The summed E-state index contributed by atoms with van der Waals surface area (Å²) in [6.07, 6.45) is 3.35. The average Bonchev–Trinajstić information content (AvgIpc) is 2.61. The summed E-state index contributed by atoms with van der Waals surface area (Å²) < 4.78 is 0. The van der Waals surface area contributed by atoms with Crippen LogP contribution < -0.4 is 10.2 Å². The van der Waals surface area contributed by atoms with Crippen molar-refractivity contribution in [1.29, 1.82) is 0 Å². The van der Waals surface area contributed by atoms with Gasteiger partial charge in [-0.3, -0.25) is 4.79 Å². The van der Waals surface area contributed by atoms with E-state index in [4.69, 9.17) is 11.6 Å². The molecule has 1 saturated heterocycles. The monoisotopic (exact) mass is 345 g/mol. The Hall–Kier alpha value is -2.18. The van der Waals surface area contributed by atoms with Crippen molar-refractivity contribution in [2.75, 3.05) is 38.1 Å². The van der Waals surface area contributed by atoms with Crippen molar-refractivity contribution in [2.24, 2.45) is 0 Å². The first kappa shape index (κ1) is 16.7. The van der Waals surface area contributed by atoms with Crippen LogP contribution >= 0.6 is 11.6 Å². The first-order chi connectivity index (χ1) is 11.6. The number of carbonyl (C=O) groups excluding carboxylic acids is 1. The summed E-state index contributed by atoms with van der Waals surface area (Å²) in [5, 5.41) is 3.11. The molecule has 6 nitrogen and oxygen atoms in total. The number of amides is 1. The molecule has 1 aliphatic heterocycles. The Bertz CT molecular complexity index is 716. The van der Waals surface area contributed by atoms with Gasteiger partial charge < -0.3 is 15.1 Å². The smallest absolute Gasteiger partial charge is 0.254 e. The Balaban J connectivity index is 1.70. The molecule has 1 aliphatic rings. The van der Waals surface area contributed by atoms with E-state index in [2.05, 4.69) is 32.1 Å². The molecule has 3 rings (SSSR count). The molecule has 0 atom stereocenters. The lowest BCUT2D eigenvalue weighted by Gasteiger charge is -2.34. The van der Waals surface area contributed by atoms with Crippen molar-refractivity contribution in [3.05, 3.63) is 52.9 Å². The number of halogens is 1. The van der Waals surface area contributed by atoms with E-state index >= 15 is 0 Å². The van der Waals surface area contributed by atoms with Crippen LogP contribution in [0.3, 0.4) is 0 Å². The molecular formula is C17H20ClN5O. The topological polar surface area (TPSA) is 61.4 Å². The van der Waals surface area contributed by atoms with E-state index < -0.39 is 0 Å². The minimum Gasteiger partial charge on any atom is -0.354 e. The van der Waals surface area contributed by atoms with Gasteiger partial charge in [0.2, 0.25) is 0 Å². The van der Waals surface area contributed by atoms with Crippen molar-refractivity contribution in [3.8, 4) is 0 Å². The Morgan fingerprint density at radius 3 is 2.62 bits per heavy atom. The number of rotatable bonds is 4. The van der Waals surface area contributed by atoms with Crippen LogP contribution in [0.2, 0.25) is 5.15 Å². The van der Waals surface area contributed by atoms with Crippen molar-refractivity contribution in [3.63, 3.8) is 0 Å². The fraction of sp³-hybridized carbons (Fsp3) is 0.353. The number of anilines is 1. The highest BCUT2D eigenvalue weighted by atomic mass is 35.5. The zero-order chi connectivity index (χ0) is 16.9. The molecule has 0 spiro atoms. The van der Waals surface area contributed by atoms with Gasteiger partial charge in [-0.25, -0.2) is 9.97 Å². The maximum absolute atomic E-state index is 12.3. The maximum atomic E-state index is 12.3. The van der Waals surface area contributed by atoms with Crippen LogP contribution in [0.5, 0.6) is 0 Å². The molecule has 2 aromatic rings. The summed E-state index contributed by atoms with van der Waals surface area (Å²) in [5.41, 5.74) is 1.37. The molecule has 7 heteroatoms.